The summed E-state index contributed by atoms with van der Waals surface area (Å²) in [5.41, 5.74) is 0.771. The van der Waals surface area contributed by atoms with Crippen LogP contribution in [0.2, 0.25) is 4.34 Å². The molecule has 1 aromatic heterocycles. The molecule has 1 N–H and O–H groups in total. The molecule has 1 heterocycles. The molecule has 0 aliphatic rings. The summed E-state index contributed by atoms with van der Waals surface area (Å²) >= 11 is 12.9. The first-order chi connectivity index (χ1) is 7.86. The normalized spacial score (nSPS) is 13.9. The number of alkyl halides is 1. The van der Waals surface area contributed by atoms with Gasteiger partial charge in [0.2, 0.25) is 10.0 Å². The molecule has 98 valence electrons. The second-order valence-corrected chi connectivity index (χ2v) is 8.03. The molecule has 1 aromatic rings. The van der Waals surface area contributed by atoms with E-state index < -0.39 is 10.0 Å². The van der Waals surface area contributed by atoms with Gasteiger partial charge in [-0.05, 0) is 25.0 Å². The Morgan fingerprint density at radius 2 is 2.18 bits per heavy atom. The summed E-state index contributed by atoms with van der Waals surface area (Å²) in [6, 6.07) is 1.57. The van der Waals surface area contributed by atoms with E-state index in [1.807, 2.05) is 6.92 Å². The molecule has 0 saturated heterocycles. The molecule has 17 heavy (non-hydrogen) atoms. The summed E-state index contributed by atoms with van der Waals surface area (Å²) in [4.78, 5) is 0. The van der Waals surface area contributed by atoms with Gasteiger partial charge in [-0.25, -0.2) is 13.1 Å². The second-order valence-electron chi connectivity index (χ2n) is 3.76. The fraction of sp³-hybridized carbons (Fsp3) is 0.600. The first-order valence-electron chi connectivity index (χ1n) is 5.26. The lowest BCUT2D eigenvalue weighted by molar-refractivity contribution is 0.579. The van der Waals surface area contributed by atoms with Gasteiger partial charge in [-0.1, -0.05) is 24.9 Å². The lowest BCUT2D eigenvalue weighted by atomic mass is 10.2. The van der Waals surface area contributed by atoms with Crippen LogP contribution >= 0.6 is 34.5 Å². The molecule has 0 aliphatic carbocycles. The van der Waals surface area contributed by atoms with E-state index in [0.717, 1.165) is 29.7 Å². The molecule has 1 rings (SSSR count). The third kappa shape index (κ3) is 4.41. The molecule has 0 aliphatic heterocycles. The molecule has 7 heteroatoms. The molecule has 0 amide bonds. The first-order valence-corrected chi connectivity index (χ1v) is 8.38. The van der Waals surface area contributed by atoms with Crippen LogP contribution in [0.15, 0.2) is 10.3 Å². The van der Waals surface area contributed by atoms with Gasteiger partial charge < -0.3 is 0 Å². The van der Waals surface area contributed by atoms with Gasteiger partial charge in [0.15, 0.2) is 0 Å². The fourth-order valence-electron chi connectivity index (χ4n) is 1.25. The number of hydrogen-bond donors (Lipinski definition) is 1. The van der Waals surface area contributed by atoms with Crippen LogP contribution in [0.25, 0.3) is 0 Å². The van der Waals surface area contributed by atoms with Crippen molar-refractivity contribution in [2.24, 2.45) is 0 Å². The second kappa shape index (κ2) is 6.38. The Balaban J connectivity index is 2.69. The van der Waals surface area contributed by atoms with E-state index in [0.29, 0.717) is 4.34 Å². The molecule has 3 nitrogen and oxygen atoms in total. The van der Waals surface area contributed by atoms with Crippen LogP contribution in [0.5, 0.6) is 0 Å². The monoisotopic (exact) mass is 315 g/mol. The smallest absolute Gasteiger partial charge is 0.209 e. The minimum atomic E-state index is -3.48. The summed E-state index contributed by atoms with van der Waals surface area (Å²) in [5, 5.41) is -0.175. The largest absolute Gasteiger partial charge is 0.250 e. The lowest BCUT2D eigenvalue weighted by Crippen LogP contribution is -2.29. The van der Waals surface area contributed by atoms with Gasteiger partial charge in [0, 0.05) is 11.9 Å². The van der Waals surface area contributed by atoms with Crippen LogP contribution in [0.4, 0.5) is 0 Å². The topological polar surface area (TPSA) is 46.2 Å². The van der Waals surface area contributed by atoms with Gasteiger partial charge in [0.25, 0.3) is 0 Å². The van der Waals surface area contributed by atoms with Crippen molar-refractivity contribution in [1.82, 2.24) is 4.72 Å². The minimum Gasteiger partial charge on any atom is -0.209 e. The van der Waals surface area contributed by atoms with Crippen molar-refractivity contribution in [3.8, 4) is 0 Å². The summed E-state index contributed by atoms with van der Waals surface area (Å²) in [6.07, 6.45) is 1.72. The Labute approximate surface area is 116 Å². The Kier molecular flexibility index (Phi) is 5.73. The molecule has 0 aromatic carbocycles. The predicted molar refractivity (Wildman–Crippen MR) is 73.8 cm³/mol. The Hall–Kier alpha value is 0.190. The maximum Gasteiger partial charge on any atom is 0.250 e. The van der Waals surface area contributed by atoms with Gasteiger partial charge in [0.1, 0.15) is 4.21 Å². The van der Waals surface area contributed by atoms with E-state index in [2.05, 4.69) is 4.72 Å². The molecule has 0 fully saturated rings. The van der Waals surface area contributed by atoms with Crippen molar-refractivity contribution in [3.05, 3.63) is 16.0 Å². The molecule has 1 atom stereocenters. The highest BCUT2D eigenvalue weighted by molar-refractivity contribution is 7.91. The van der Waals surface area contributed by atoms with E-state index in [1.165, 1.54) is 0 Å². The molecular weight excluding hydrogens is 301 g/mol. The Morgan fingerprint density at radius 3 is 2.65 bits per heavy atom. The zero-order chi connectivity index (χ0) is 13.1. The van der Waals surface area contributed by atoms with Crippen molar-refractivity contribution < 1.29 is 8.42 Å². The third-order valence-electron chi connectivity index (χ3n) is 2.20. The van der Waals surface area contributed by atoms with Crippen LogP contribution in [0.3, 0.4) is 0 Å². The van der Waals surface area contributed by atoms with Crippen molar-refractivity contribution in [2.75, 3.05) is 6.54 Å². The van der Waals surface area contributed by atoms with Crippen LogP contribution in [-0.4, -0.2) is 20.3 Å². The lowest BCUT2D eigenvalue weighted by Gasteiger charge is -2.09. The number of hydrogen-bond acceptors (Lipinski definition) is 3. The van der Waals surface area contributed by atoms with E-state index >= 15 is 0 Å². The van der Waals surface area contributed by atoms with E-state index in [4.69, 9.17) is 23.2 Å². The van der Waals surface area contributed by atoms with Crippen molar-refractivity contribution >= 4 is 44.6 Å². The number of sulfonamides is 1. The van der Waals surface area contributed by atoms with Crippen molar-refractivity contribution in [3.63, 3.8) is 0 Å². The SMILES string of the molecule is CCCC(Cl)CNS(=O)(=O)c1cc(C)c(Cl)s1. The van der Waals surface area contributed by atoms with E-state index in [-0.39, 0.29) is 16.1 Å². The maximum atomic E-state index is 11.9. The number of rotatable bonds is 6. The van der Waals surface area contributed by atoms with Gasteiger partial charge >= 0.3 is 0 Å². The number of aryl methyl sites for hydroxylation is 1. The number of nitrogens with one attached hydrogen (secondary N) is 1. The van der Waals surface area contributed by atoms with Crippen LogP contribution < -0.4 is 4.72 Å². The Morgan fingerprint density at radius 1 is 1.53 bits per heavy atom. The first kappa shape index (κ1) is 15.2. The fourth-order valence-corrected chi connectivity index (χ4v) is 4.47. The standard InChI is InChI=1S/C10H15Cl2NO2S2/c1-3-4-8(11)6-13-17(14,15)9-5-7(2)10(12)16-9/h5,8,13H,3-4,6H2,1-2H3. The molecule has 0 radical (unpaired) electrons. The summed E-state index contributed by atoms with van der Waals surface area (Å²) in [5.74, 6) is 0. The predicted octanol–water partition coefficient (Wildman–Crippen LogP) is 3.40. The molecule has 1 unspecified atom stereocenters. The average Bonchev–Trinajstić information content (AvgIpc) is 2.58. The highest BCUT2D eigenvalue weighted by atomic mass is 35.5. The van der Waals surface area contributed by atoms with E-state index in [1.54, 1.807) is 13.0 Å². The van der Waals surface area contributed by atoms with Crippen LogP contribution in [-0.2, 0) is 10.0 Å². The van der Waals surface area contributed by atoms with Gasteiger partial charge in [-0.15, -0.1) is 22.9 Å². The highest BCUT2D eigenvalue weighted by Crippen LogP contribution is 2.29. The van der Waals surface area contributed by atoms with Gasteiger partial charge in [-0.3, -0.25) is 0 Å². The van der Waals surface area contributed by atoms with Gasteiger partial charge in [-0.2, -0.15) is 0 Å². The summed E-state index contributed by atoms with van der Waals surface area (Å²) in [7, 11) is -3.48. The molecule has 0 saturated carbocycles. The quantitative estimate of drug-likeness (QED) is 0.818. The van der Waals surface area contributed by atoms with Crippen molar-refractivity contribution in [2.45, 2.75) is 36.3 Å². The molecule has 0 bridgehead atoms. The molecule has 0 spiro atoms. The van der Waals surface area contributed by atoms with Crippen LogP contribution in [0, 0.1) is 6.92 Å². The highest BCUT2D eigenvalue weighted by Gasteiger charge is 2.19. The van der Waals surface area contributed by atoms with Crippen LogP contribution in [0.1, 0.15) is 25.3 Å². The van der Waals surface area contributed by atoms with Crippen molar-refractivity contribution in [1.29, 1.82) is 0 Å². The summed E-state index contributed by atoms with van der Waals surface area (Å²) in [6.45, 7) is 4.03. The minimum absolute atomic E-state index is 0.175. The third-order valence-corrected chi connectivity index (χ3v) is 6.02. The maximum absolute atomic E-state index is 11.9. The summed E-state index contributed by atoms with van der Waals surface area (Å²) < 4.78 is 27.0. The van der Waals surface area contributed by atoms with E-state index in [9.17, 15) is 8.42 Å². The van der Waals surface area contributed by atoms with Gasteiger partial charge in [0.05, 0.1) is 4.34 Å². The zero-order valence-electron chi connectivity index (χ0n) is 9.66. The number of halogens is 2. The number of thiophene rings is 1. The average molecular weight is 316 g/mol. The zero-order valence-corrected chi connectivity index (χ0v) is 12.8. The Bertz CT molecular complexity index is 451. The molecular formula is C10H15Cl2NO2S2.